The maximum Gasteiger partial charge on any atom is 0.337 e. The van der Waals surface area contributed by atoms with Crippen molar-refractivity contribution in [1.29, 1.82) is 0 Å². The highest BCUT2D eigenvalue weighted by atomic mass is 35.5. The molecule has 0 aliphatic heterocycles. The normalized spacial score (nSPS) is 12.0. The lowest BCUT2D eigenvalue weighted by Gasteiger charge is -2.29. The third-order valence-electron chi connectivity index (χ3n) is 3.57. The Morgan fingerprint density at radius 3 is 2.57 bits per heavy atom. The van der Waals surface area contributed by atoms with E-state index in [1.54, 1.807) is 12.1 Å². The highest BCUT2D eigenvalue weighted by molar-refractivity contribution is 6.31. The fraction of sp³-hybridized carbons (Fsp3) is 0.188. The first-order valence-electron chi connectivity index (χ1n) is 6.52. The summed E-state index contributed by atoms with van der Waals surface area (Å²) in [5.74, 6) is -0.983. The van der Waals surface area contributed by atoms with Crippen molar-refractivity contribution in [3.8, 4) is 0 Å². The molecule has 3 N–H and O–H groups in total. The largest absolute Gasteiger partial charge is 0.478 e. The van der Waals surface area contributed by atoms with E-state index >= 15 is 0 Å². The zero-order valence-corrected chi connectivity index (χ0v) is 12.6. The van der Waals surface area contributed by atoms with Gasteiger partial charge in [-0.1, -0.05) is 29.8 Å². The van der Waals surface area contributed by atoms with Gasteiger partial charge in [0.2, 0.25) is 0 Å². The van der Waals surface area contributed by atoms with Crippen molar-refractivity contribution in [3.63, 3.8) is 0 Å². The lowest BCUT2D eigenvalue weighted by atomic mass is 10.0. The molecule has 2 rings (SSSR count). The van der Waals surface area contributed by atoms with Gasteiger partial charge in [0.1, 0.15) is 0 Å². The number of nitrogens with two attached hydrogens (primary N) is 1. The van der Waals surface area contributed by atoms with Crippen LogP contribution in [0.4, 0.5) is 11.4 Å². The van der Waals surface area contributed by atoms with E-state index in [4.69, 9.17) is 17.3 Å². The second-order valence-electron chi connectivity index (χ2n) is 4.89. The zero-order valence-electron chi connectivity index (χ0n) is 11.9. The molecule has 5 heteroatoms. The number of nitrogens with zero attached hydrogens (tertiary/aromatic N) is 1. The number of carboxylic acids is 1. The predicted molar refractivity (Wildman–Crippen MR) is 86.1 cm³/mol. The van der Waals surface area contributed by atoms with Crippen molar-refractivity contribution < 1.29 is 9.90 Å². The molecule has 0 amide bonds. The van der Waals surface area contributed by atoms with Crippen LogP contribution in [0.15, 0.2) is 42.5 Å². The number of benzene rings is 2. The number of carbonyl (C=O) groups is 1. The summed E-state index contributed by atoms with van der Waals surface area (Å²) in [4.78, 5) is 13.2. The molecule has 0 spiro atoms. The van der Waals surface area contributed by atoms with Gasteiger partial charge in [-0.25, -0.2) is 4.79 Å². The molecular formula is C16H17ClN2O2. The van der Waals surface area contributed by atoms with Gasteiger partial charge in [0, 0.05) is 17.8 Å². The number of hydrogen-bond donors (Lipinski definition) is 2. The van der Waals surface area contributed by atoms with Gasteiger partial charge in [0.15, 0.2) is 0 Å². The molecule has 0 aliphatic carbocycles. The van der Waals surface area contributed by atoms with Crippen LogP contribution in [-0.4, -0.2) is 18.1 Å². The average Bonchev–Trinajstić information content (AvgIpc) is 2.45. The van der Waals surface area contributed by atoms with Crippen LogP contribution in [0.25, 0.3) is 0 Å². The molecule has 1 atom stereocenters. The summed E-state index contributed by atoms with van der Waals surface area (Å²) in [5.41, 5.74) is 8.02. The predicted octanol–water partition coefficient (Wildman–Crippen LogP) is 3.82. The molecule has 0 radical (unpaired) electrons. The van der Waals surface area contributed by atoms with Gasteiger partial charge in [-0.05, 0) is 36.8 Å². The maximum atomic E-state index is 11.4. The molecule has 21 heavy (non-hydrogen) atoms. The quantitative estimate of drug-likeness (QED) is 0.843. The van der Waals surface area contributed by atoms with Crippen molar-refractivity contribution >= 4 is 28.9 Å². The van der Waals surface area contributed by atoms with Crippen molar-refractivity contribution in [2.45, 2.75) is 13.0 Å². The van der Waals surface area contributed by atoms with E-state index in [0.717, 1.165) is 5.56 Å². The molecule has 2 aromatic carbocycles. The third kappa shape index (κ3) is 3.11. The number of nitrogen functional groups attached to an aromatic ring is 1. The molecule has 0 aromatic heterocycles. The topological polar surface area (TPSA) is 66.6 Å². The monoisotopic (exact) mass is 304 g/mol. The van der Waals surface area contributed by atoms with Gasteiger partial charge < -0.3 is 15.7 Å². The molecule has 0 heterocycles. The molecular weight excluding hydrogens is 288 g/mol. The highest BCUT2D eigenvalue weighted by Crippen LogP contribution is 2.32. The number of rotatable bonds is 4. The Morgan fingerprint density at radius 2 is 1.95 bits per heavy atom. The van der Waals surface area contributed by atoms with Crippen molar-refractivity contribution in [2.75, 3.05) is 17.7 Å². The van der Waals surface area contributed by atoms with E-state index in [1.165, 1.54) is 6.07 Å². The molecule has 110 valence electrons. The molecule has 0 saturated heterocycles. The number of hydrogen-bond acceptors (Lipinski definition) is 3. The van der Waals surface area contributed by atoms with Crippen LogP contribution in [0.1, 0.15) is 28.9 Å². The lowest BCUT2D eigenvalue weighted by Crippen LogP contribution is -2.24. The fourth-order valence-electron chi connectivity index (χ4n) is 2.25. The van der Waals surface area contributed by atoms with Crippen molar-refractivity contribution in [3.05, 3.63) is 58.6 Å². The van der Waals surface area contributed by atoms with Gasteiger partial charge in [-0.3, -0.25) is 0 Å². The van der Waals surface area contributed by atoms with E-state index in [0.29, 0.717) is 16.4 Å². The highest BCUT2D eigenvalue weighted by Gasteiger charge is 2.20. The van der Waals surface area contributed by atoms with Gasteiger partial charge >= 0.3 is 5.97 Å². The van der Waals surface area contributed by atoms with Gasteiger partial charge in [-0.15, -0.1) is 0 Å². The van der Waals surface area contributed by atoms with Crippen LogP contribution in [0, 0.1) is 0 Å². The van der Waals surface area contributed by atoms with Crippen LogP contribution in [0.5, 0.6) is 0 Å². The first kappa shape index (κ1) is 15.2. The molecule has 0 bridgehead atoms. The summed E-state index contributed by atoms with van der Waals surface area (Å²) in [6.07, 6.45) is 0. The summed E-state index contributed by atoms with van der Waals surface area (Å²) >= 11 is 6.22. The summed E-state index contributed by atoms with van der Waals surface area (Å²) in [6, 6.07) is 12.2. The molecule has 2 aromatic rings. The van der Waals surface area contributed by atoms with Gasteiger partial charge in [-0.2, -0.15) is 0 Å². The van der Waals surface area contributed by atoms with E-state index in [1.807, 2.05) is 43.1 Å². The number of halogens is 1. The number of carboxylic acid groups (broad SMARTS) is 1. The Balaban J connectivity index is 2.44. The van der Waals surface area contributed by atoms with Crippen molar-refractivity contribution in [2.24, 2.45) is 0 Å². The first-order valence-corrected chi connectivity index (χ1v) is 6.89. The molecule has 0 saturated carbocycles. The van der Waals surface area contributed by atoms with E-state index in [2.05, 4.69) is 0 Å². The summed E-state index contributed by atoms with van der Waals surface area (Å²) in [5, 5.41) is 9.97. The number of anilines is 2. The van der Waals surface area contributed by atoms with Crippen LogP contribution < -0.4 is 10.6 Å². The van der Waals surface area contributed by atoms with E-state index < -0.39 is 5.97 Å². The van der Waals surface area contributed by atoms with Gasteiger partial charge in [0.25, 0.3) is 0 Å². The van der Waals surface area contributed by atoms with Crippen LogP contribution in [-0.2, 0) is 0 Å². The molecule has 0 fully saturated rings. The molecule has 0 aliphatic rings. The zero-order chi connectivity index (χ0) is 15.6. The lowest BCUT2D eigenvalue weighted by molar-refractivity contribution is 0.0697. The fourth-order valence-corrected chi connectivity index (χ4v) is 2.55. The van der Waals surface area contributed by atoms with Crippen LogP contribution in [0.3, 0.4) is 0 Å². The second kappa shape index (κ2) is 6.06. The van der Waals surface area contributed by atoms with Crippen molar-refractivity contribution in [1.82, 2.24) is 0 Å². The molecule has 4 nitrogen and oxygen atoms in total. The Kier molecular flexibility index (Phi) is 4.38. The molecule has 1 unspecified atom stereocenters. The Bertz CT molecular complexity index is 673. The van der Waals surface area contributed by atoms with Gasteiger partial charge in [0.05, 0.1) is 17.3 Å². The first-order chi connectivity index (χ1) is 9.91. The van der Waals surface area contributed by atoms with Crippen LogP contribution in [0.2, 0.25) is 5.02 Å². The van der Waals surface area contributed by atoms with E-state index in [-0.39, 0.29) is 11.6 Å². The average molecular weight is 305 g/mol. The SMILES string of the molecule is CC(c1ccccc1Cl)N(C)c1cc(N)ccc1C(=O)O. The maximum absolute atomic E-state index is 11.4. The van der Waals surface area contributed by atoms with Crippen LogP contribution >= 0.6 is 11.6 Å². The minimum absolute atomic E-state index is 0.0846. The smallest absolute Gasteiger partial charge is 0.337 e. The van der Waals surface area contributed by atoms with E-state index in [9.17, 15) is 9.90 Å². The minimum Gasteiger partial charge on any atom is -0.478 e. The summed E-state index contributed by atoms with van der Waals surface area (Å²) < 4.78 is 0. The number of aromatic carboxylic acids is 1. The standard InChI is InChI=1S/C16H17ClN2O2/c1-10(12-5-3-4-6-14(12)17)19(2)15-9-11(18)7-8-13(15)16(20)21/h3-10H,18H2,1-2H3,(H,20,21). The minimum atomic E-state index is -0.983. The Labute approximate surface area is 128 Å². The third-order valence-corrected chi connectivity index (χ3v) is 3.91. The summed E-state index contributed by atoms with van der Waals surface area (Å²) in [6.45, 7) is 1.97. The Hall–Kier alpha value is -2.20. The summed E-state index contributed by atoms with van der Waals surface area (Å²) in [7, 11) is 1.83. The Morgan fingerprint density at radius 1 is 1.29 bits per heavy atom. The second-order valence-corrected chi connectivity index (χ2v) is 5.30.